The maximum absolute atomic E-state index is 11.1. The molecule has 1 amide bonds. The molecule has 1 aromatic carbocycles. The Bertz CT molecular complexity index is 586. The lowest BCUT2D eigenvalue weighted by Crippen LogP contribution is -2.13. The quantitative estimate of drug-likeness (QED) is 0.844. The highest BCUT2D eigenvalue weighted by Gasteiger charge is 2.13. The van der Waals surface area contributed by atoms with E-state index in [0.29, 0.717) is 5.69 Å². The van der Waals surface area contributed by atoms with Gasteiger partial charge in [0.1, 0.15) is 0 Å². The van der Waals surface area contributed by atoms with Crippen LogP contribution in [-0.2, 0) is 0 Å². The number of rotatable bonds is 2. The summed E-state index contributed by atoms with van der Waals surface area (Å²) in [5, 5.41) is 8.26. The van der Waals surface area contributed by atoms with Gasteiger partial charge in [-0.2, -0.15) is 9.90 Å². The molecule has 0 unspecified atom stereocenters. The minimum absolute atomic E-state index is 0.211. The zero-order valence-electron chi connectivity index (χ0n) is 10.1. The molecule has 2 aromatic rings. The molecule has 5 nitrogen and oxygen atoms in total. The topological polar surface area (TPSA) is 73.8 Å². The molecule has 2 N–H and O–H groups in total. The second-order valence-electron chi connectivity index (χ2n) is 4.06. The number of primary amides is 1. The van der Waals surface area contributed by atoms with Crippen molar-refractivity contribution in [1.29, 1.82) is 0 Å². The lowest BCUT2D eigenvalue weighted by Gasteiger charge is -2.03. The number of aryl methyl sites for hydroxylation is 3. The van der Waals surface area contributed by atoms with Crippen LogP contribution in [0.1, 0.15) is 27.3 Å². The standard InChI is InChI=1S/C12H14N4O/c1-7-4-5-10(6-8(7)2)16-14-9(3)11(15-16)12(13)17/h4-6H,1-3H3,(H2,13,17). The van der Waals surface area contributed by atoms with Crippen LogP contribution in [0.4, 0.5) is 0 Å². The van der Waals surface area contributed by atoms with Crippen LogP contribution < -0.4 is 5.73 Å². The summed E-state index contributed by atoms with van der Waals surface area (Å²) in [6.45, 7) is 5.77. The second kappa shape index (κ2) is 4.01. The van der Waals surface area contributed by atoms with Gasteiger partial charge in [0.2, 0.25) is 0 Å². The lowest BCUT2D eigenvalue weighted by atomic mass is 10.1. The first-order valence-electron chi connectivity index (χ1n) is 5.30. The Morgan fingerprint density at radius 1 is 1.18 bits per heavy atom. The van der Waals surface area contributed by atoms with E-state index in [4.69, 9.17) is 5.73 Å². The molecule has 0 radical (unpaired) electrons. The summed E-state index contributed by atoms with van der Waals surface area (Å²) in [5.74, 6) is -0.558. The molecule has 1 aromatic heterocycles. The van der Waals surface area contributed by atoms with E-state index < -0.39 is 5.91 Å². The fourth-order valence-corrected chi connectivity index (χ4v) is 1.57. The Morgan fingerprint density at radius 3 is 2.41 bits per heavy atom. The summed E-state index contributed by atoms with van der Waals surface area (Å²) in [6.07, 6.45) is 0. The van der Waals surface area contributed by atoms with Gasteiger partial charge >= 0.3 is 0 Å². The van der Waals surface area contributed by atoms with Gasteiger partial charge in [-0.25, -0.2) is 0 Å². The van der Waals surface area contributed by atoms with Crippen LogP contribution in [0.5, 0.6) is 0 Å². The predicted molar refractivity (Wildman–Crippen MR) is 64.1 cm³/mol. The molecule has 0 fully saturated rings. The average Bonchev–Trinajstić information content (AvgIpc) is 2.64. The zero-order chi connectivity index (χ0) is 12.6. The Labute approximate surface area is 99.2 Å². The van der Waals surface area contributed by atoms with Gasteiger partial charge in [-0.3, -0.25) is 4.79 Å². The number of carbonyl (C=O) groups excluding carboxylic acids is 1. The van der Waals surface area contributed by atoms with E-state index in [1.807, 2.05) is 32.0 Å². The van der Waals surface area contributed by atoms with E-state index in [1.165, 1.54) is 10.4 Å². The smallest absolute Gasteiger partial charge is 0.271 e. The van der Waals surface area contributed by atoms with E-state index in [9.17, 15) is 4.79 Å². The Morgan fingerprint density at radius 2 is 1.88 bits per heavy atom. The Kier molecular flexibility index (Phi) is 2.67. The molecule has 2 rings (SSSR count). The van der Waals surface area contributed by atoms with Gasteiger partial charge in [-0.15, -0.1) is 5.10 Å². The first kappa shape index (κ1) is 11.3. The van der Waals surface area contributed by atoms with Crippen molar-refractivity contribution in [3.05, 3.63) is 40.7 Å². The van der Waals surface area contributed by atoms with Crippen LogP contribution in [-0.4, -0.2) is 20.9 Å². The zero-order valence-corrected chi connectivity index (χ0v) is 10.1. The van der Waals surface area contributed by atoms with Crippen LogP contribution >= 0.6 is 0 Å². The first-order chi connectivity index (χ1) is 7.99. The maximum atomic E-state index is 11.1. The van der Waals surface area contributed by atoms with E-state index in [-0.39, 0.29) is 5.69 Å². The molecule has 0 aliphatic carbocycles. The van der Waals surface area contributed by atoms with Crippen LogP contribution in [0.3, 0.4) is 0 Å². The van der Waals surface area contributed by atoms with Crippen molar-refractivity contribution < 1.29 is 4.79 Å². The number of nitrogens with zero attached hydrogens (tertiary/aromatic N) is 3. The van der Waals surface area contributed by atoms with Gasteiger partial charge in [0.15, 0.2) is 5.69 Å². The van der Waals surface area contributed by atoms with Crippen molar-refractivity contribution in [2.75, 3.05) is 0 Å². The molecule has 0 aliphatic heterocycles. The number of benzene rings is 1. The number of aromatic nitrogens is 3. The molecule has 0 aliphatic rings. The fraction of sp³-hybridized carbons (Fsp3) is 0.250. The van der Waals surface area contributed by atoms with E-state index in [2.05, 4.69) is 10.2 Å². The second-order valence-corrected chi connectivity index (χ2v) is 4.06. The largest absolute Gasteiger partial charge is 0.364 e. The predicted octanol–water partition coefficient (Wildman–Crippen LogP) is 1.29. The van der Waals surface area contributed by atoms with Crippen LogP contribution in [0, 0.1) is 20.8 Å². The summed E-state index contributed by atoms with van der Waals surface area (Å²) in [7, 11) is 0. The van der Waals surface area contributed by atoms with E-state index in [1.54, 1.807) is 6.92 Å². The molecule has 0 saturated carbocycles. The average molecular weight is 230 g/mol. The number of hydrogen-bond donors (Lipinski definition) is 1. The molecule has 0 spiro atoms. The fourth-order valence-electron chi connectivity index (χ4n) is 1.57. The van der Waals surface area contributed by atoms with Crippen molar-refractivity contribution in [2.24, 2.45) is 5.73 Å². The third-order valence-electron chi connectivity index (χ3n) is 2.74. The molecule has 0 bridgehead atoms. The normalized spacial score (nSPS) is 10.5. The third-order valence-corrected chi connectivity index (χ3v) is 2.74. The highest BCUT2D eigenvalue weighted by molar-refractivity contribution is 5.91. The van der Waals surface area contributed by atoms with E-state index >= 15 is 0 Å². The molecule has 0 atom stereocenters. The number of carbonyl (C=O) groups is 1. The highest BCUT2D eigenvalue weighted by Crippen LogP contribution is 2.13. The van der Waals surface area contributed by atoms with Crippen molar-refractivity contribution in [2.45, 2.75) is 20.8 Å². The van der Waals surface area contributed by atoms with Gasteiger partial charge in [0.05, 0.1) is 11.4 Å². The summed E-state index contributed by atoms with van der Waals surface area (Å²) in [5.41, 5.74) is 9.13. The summed E-state index contributed by atoms with van der Waals surface area (Å²) >= 11 is 0. The molecular weight excluding hydrogens is 216 g/mol. The van der Waals surface area contributed by atoms with Crippen LogP contribution in [0.15, 0.2) is 18.2 Å². The van der Waals surface area contributed by atoms with Crippen LogP contribution in [0.2, 0.25) is 0 Å². The minimum atomic E-state index is -0.558. The maximum Gasteiger partial charge on any atom is 0.271 e. The Hall–Kier alpha value is -2.17. The highest BCUT2D eigenvalue weighted by atomic mass is 16.1. The number of hydrogen-bond acceptors (Lipinski definition) is 3. The molecule has 5 heteroatoms. The van der Waals surface area contributed by atoms with Crippen molar-refractivity contribution >= 4 is 5.91 Å². The molecular formula is C12H14N4O. The minimum Gasteiger partial charge on any atom is -0.364 e. The van der Waals surface area contributed by atoms with Crippen molar-refractivity contribution in [3.63, 3.8) is 0 Å². The number of amides is 1. The van der Waals surface area contributed by atoms with Crippen molar-refractivity contribution in [1.82, 2.24) is 15.0 Å². The molecule has 0 saturated heterocycles. The number of nitrogens with two attached hydrogens (primary N) is 1. The third kappa shape index (κ3) is 2.04. The summed E-state index contributed by atoms with van der Waals surface area (Å²) in [6, 6.07) is 5.87. The Balaban J connectivity index is 2.50. The summed E-state index contributed by atoms with van der Waals surface area (Å²) in [4.78, 5) is 12.5. The van der Waals surface area contributed by atoms with Gasteiger partial charge in [0.25, 0.3) is 5.91 Å². The van der Waals surface area contributed by atoms with Crippen molar-refractivity contribution in [3.8, 4) is 5.69 Å². The molecule has 17 heavy (non-hydrogen) atoms. The van der Waals surface area contributed by atoms with E-state index in [0.717, 1.165) is 11.3 Å². The van der Waals surface area contributed by atoms with Gasteiger partial charge < -0.3 is 5.73 Å². The van der Waals surface area contributed by atoms with Crippen LogP contribution in [0.25, 0.3) is 5.69 Å². The molecule has 88 valence electrons. The SMILES string of the molecule is Cc1ccc(-n2nc(C)c(C(N)=O)n2)cc1C. The van der Waals surface area contributed by atoms with Gasteiger partial charge in [0, 0.05) is 0 Å². The first-order valence-corrected chi connectivity index (χ1v) is 5.30. The van der Waals surface area contributed by atoms with Gasteiger partial charge in [-0.1, -0.05) is 6.07 Å². The van der Waals surface area contributed by atoms with Gasteiger partial charge in [-0.05, 0) is 44.0 Å². The monoisotopic (exact) mass is 230 g/mol. The lowest BCUT2D eigenvalue weighted by molar-refractivity contribution is 0.0994. The molecule has 1 heterocycles. The summed E-state index contributed by atoms with van der Waals surface area (Å²) < 4.78 is 0.